The molecule has 0 spiro atoms. The van der Waals surface area contributed by atoms with Crippen molar-refractivity contribution < 1.29 is 29.5 Å². The fraction of sp³-hybridized carbons (Fsp3) is 0.421. The van der Waals surface area contributed by atoms with E-state index < -0.39 is 31.1 Å². The number of aliphatic hydroxyl groups excluding tert-OH is 3. The van der Waals surface area contributed by atoms with E-state index in [0.717, 1.165) is 5.56 Å². The zero-order valence-corrected chi connectivity index (χ0v) is 16.5. The predicted octanol–water partition coefficient (Wildman–Crippen LogP) is 0.0671. The molecule has 30 heavy (non-hydrogen) atoms. The molecule has 3 aromatic rings. The third kappa shape index (κ3) is 3.41. The maximum Gasteiger partial charge on any atom is 0.167 e. The van der Waals surface area contributed by atoms with E-state index in [1.807, 2.05) is 18.2 Å². The number of methoxy groups -OCH3 is 2. The molecule has 11 nitrogen and oxygen atoms in total. The largest absolute Gasteiger partial charge is 0.496 e. The van der Waals surface area contributed by atoms with Gasteiger partial charge in [-0.2, -0.15) is 0 Å². The lowest BCUT2D eigenvalue weighted by Crippen LogP contribution is -2.33. The standard InChI is InChI=1S/C19H23N5O6/c1-28-11-4-3-5-12(29-2)10(11)6-20-17-14-18(22-8-21-17)24(9-23-14)19-16(27)15(26)13(7-25)30-19/h3-5,8-9,13,15-16,19,25-27H,6-7H2,1-2H3,(H,20,21,22)/t13-,15-,16+,19?/m1/s1. The summed E-state index contributed by atoms with van der Waals surface area (Å²) in [6.07, 6.45) is -1.45. The van der Waals surface area contributed by atoms with E-state index in [9.17, 15) is 15.3 Å². The second-order valence-corrected chi connectivity index (χ2v) is 6.77. The van der Waals surface area contributed by atoms with E-state index in [-0.39, 0.29) is 0 Å². The molecule has 160 valence electrons. The van der Waals surface area contributed by atoms with Crippen LogP contribution in [0.3, 0.4) is 0 Å². The van der Waals surface area contributed by atoms with Gasteiger partial charge in [0, 0.05) is 6.54 Å². The minimum Gasteiger partial charge on any atom is -0.496 e. The van der Waals surface area contributed by atoms with Crippen molar-refractivity contribution in [3.63, 3.8) is 0 Å². The molecule has 4 atom stereocenters. The number of hydrogen-bond donors (Lipinski definition) is 4. The first-order valence-corrected chi connectivity index (χ1v) is 9.32. The van der Waals surface area contributed by atoms with Crippen molar-refractivity contribution in [3.8, 4) is 11.5 Å². The summed E-state index contributed by atoms with van der Waals surface area (Å²) in [5.41, 5.74) is 1.69. The molecule has 1 aliphatic heterocycles. The van der Waals surface area contributed by atoms with Crippen LogP contribution in [0.15, 0.2) is 30.9 Å². The Morgan fingerprint density at radius 1 is 1.10 bits per heavy atom. The summed E-state index contributed by atoms with van der Waals surface area (Å²) in [4.78, 5) is 12.9. The lowest BCUT2D eigenvalue weighted by molar-refractivity contribution is -0.0511. The van der Waals surface area contributed by atoms with Gasteiger partial charge in [0.2, 0.25) is 0 Å². The number of nitrogens with one attached hydrogen (secondary N) is 1. The summed E-state index contributed by atoms with van der Waals surface area (Å²) < 4.78 is 17.9. The molecule has 0 aliphatic carbocycles. The first kappa shape index (κ1) is 20.3. The molecular formula is C19H23N5O6. The molecule has 4 N–H and O–H groups in total. The summed E-state index contributed by atoms with van der Waals surface area (Å²) in [7, 11) is 3.17. The predicted molar refractivity (Wildman–Crippen MR) is 105 cm³/mol. The number of ether oxygens (including phenoxy) is 3. The van der Waals surface area contributed by atoms with Gasteiger partial charge in [0.15, 0.2) is 23.2 Å². The smallest absolute Gasteiger partial charge is 0.167 e. The Morgan fingerprint density at radius 2 is 1.83 bits per heavy atom. The number of fused-ring (bicyclic) bond motifs is 1. The lowest BCUT2D eigenvalue weighted by atomic mass is 10.1. The lowest BCUT2D eigenvalue weighted by Gasteiger charge is -2.16. The van der Waals surface area contributed by atoms with E-state index in [2.05, 4.69) is 20.3 Å². The number of anilines is 1. The van der Waals surface area contributed by atoms with Crippen LogP contribution in [0.4, 0.5) is 5.82 Å². The van der Waals surface area contributed by atoms with Crippen molar-refractivity contribution in [1.29, 1.82) is 0 Å². The van der Waals surface area contributed by atoms with E-state index in [0.29, 0.717) is 35.0 Å². The molecule has 0 bridgehead atoms. The Balaban J connectivity index is 1.62. The zero-order valence-electron chi connectivity index (χ0n) is 16.5. The second-order valence-electron chi connectivity index (χ2n) is 6.77. The van der Waals surface area contributed by atoms with Crippen LogP contribution >= 0.6 is 0 Å². The quantitative estimate of drug-likeness (QED) is 0.417. The molecule has 11 heteroatoms. The van der Waals surface area contributed by atoms with Gasteiger partial charge in [0.1, 0.15) is 36.1 Å². The monoisotopic (exact) mass is 417 g/mol. The SMILES string of the molecule is COc1cccc(OC)c1CNc1ncnc2c1ncn2C1O[C@H](CO)[C@@H](O)[C@@H]1O. The van der Waals surface area contributed by atoms with E-state index in [4.69, 9.17) is 14.2 Å². The highest BCUT2D eigenvalue weighted by atomic mass is 16.6. The molecule has 1 aromatic carbocycles. The fourth-order valence-electron chi connectivity index (χ4n) is 3.55. The average molecular weight is 417 g/mol. The van der Waals surface area contributed by atoms with Crippen molar-refractivity contribution >= 4 is 17.0 Å². The Kier molecular flexibility index (Phi) is 5.68. The second kappa shape index (κ2) is 8.40. The molecular weight excluding hydrogens is 394 g/mol. The first-order chi connectivity index (χ1) is 14.6. The minimum atomic E-state index is -1.23. The fourth-order valence-corrected chi connectivity index (χ4v) is 3.55. The highest BCUT2D eigenvalue weighted by Crippen LogP contribution is 2.33. The highest BCUT2D eigenvalue weighted by molar-refractivity contribution is 5.82. The van der Waals surface area contributed by atoms with E-state index >= 15 is 0 Å². The van der Waals surface area contributed by atoms with Crippen LogP contribution < -0.4 is 14.8 Å². The van der Waals surface area contributed by atoms with Crippen molar-refractivity contribution in [2.75, 3.05) is 26.1 Å². The maximum atomic E-state index is 10.3. The minimum absolute atomic E-state index is 0.361. The normalized spacial score (nSPS) is 23.6. The number of aliphatic hydroxyl groups is 3. The zero-order chi connectivity index (χ0) is 21.3. The van der Waals surface area contributed by atoms with Crippen molar-refractivity contribution in [3.05, 3.63) is 36.4 Å². The third-order valence-corrected chi connectivity index (χ3v) is 5.11. The Morgan fingerprint density at radius 3 is 2.47 bits per heavy atom. The van der Waals surface area contributed by atoms with Crippen molar-refractivity contribution in [1.82, 2.24) is 19.5 Å². The van der Waals surface area contributed by atoms with Gasteiger partial charge in [-0.1, -0.05) is 6.07 Å². The van der Waals surface area contributed by atoms with Crippen molar-refractivity contribution in [2.24, 2.45) is 0 Å². The molecule has 2 aromatic heterocycles. The molecule has 0 saturated carbocycles. The number of rotatable bonds is 7. The van der Waals surface area contributed by atoms with E-state index in [1.54, 1.807) is 14.2 Å². The molecule has 1 aliphatic rings. The Hall–Kier alpha value is -2.99. The van der Waals surface area contributed by atoms with Crippen LogP contribution in [0, 0.1) is 0 Å². The summed E-state index contributed by atoms with van der Waals surface area (Å²) >= 11 is 0. The van der Waals surface area contributed by atoms with Gasteiger partial charge in [-0.05, 0) is 12.1 Å². The number of hydrogen-bond acceptors (Lipinski definition) is 10. The van der Waals surface area contributed by atoms with Crippen molar-refractivity contribution in [2.45, 2.75) is 31.1 Å². The van der Waals surface area contributed by atoms with Gasteiger partial charge in [-0.15, -0.1) is 0 Å². The van der Waals surface area contributed by atoms with Gasteiger partial charge in [-0.3, -0.25) is 4.57 Å². The van der Waals surface area contributed by atoms with Crippen LogP contribution in [-0.2, 0) is 11.3 Å². The van der Waals surface area contributed by atoms with Crippen LogP contribution in [-0.4, -0.2) is 74.0 Å². The van der Waals surface area contributed by atoms with Crippen LogP contribution in [0.25, 0.3) is 11.2 Å². The van der Waals surface area contributed by atoms with Crippen LogP contribution in [0.5, 0.6) is 11.5 Å². The molecule has 1 saturated heterocycles. The van der Waals surface area contributed by atoms with Gasteiger partial charge in [0.05, 0.1) is 32.7 Å². The molecule has 0 amide bonds. The molecule has 4 rings (SSSR count). The van der Waals surface area contributed by atoms with Gasteiger partial charge in [-0.25, -0.2) is 15.0 Å². The topological polar surface area (TPSA) is 144 Å². The summed E-state index contributed by atoms with van der Waals surface area (Å²) in [6, 6.07) is 5.52. The number of aromatic nitrogens is 4. The summed E-state index contributed by atoms with van der Waals surface area (Å²) in [5, 5.41) is 32.9. The molecule has 1 fully saturated rings. The van der Waals surface area contributed by atoms with Gasteiger partial charge < -0.3 is 34.8 Å². The van der Waals surface area contributed by atoms with Crippen LogP contribution in [0.2, 0.25) is 0 Å². The first-order valence-electron chi connectivity index (χ1n) is 9.32. The average Bonchev–Trinajstić information content (AvgIpc) is 3.33. The number of benzene rings is 1. The maximum absolute atomic E-state index is 10.3. The molecule has 3 heterocycles. The molecule has 0 radical (unpaired) electrons. The molecule has 1 unspecified atom stereocenters. The number of imidazole rings is 1. The van der Waals surface area contributed by atoms with E-state index in [1.165, 1.54) is 17.2 Å². The third-order valence-electron chi connectivity index (χ3n) is 5.11. The number of nitrogens with zero attached hydrogens (tertiary/aromatic N) is 4. The Labute approximate surface area is 171 Å². The summed E-state index contributed by atoms with van der Waals surface area (Å²) in [5.74, 6) is 1.81. The van der Waals surface area contributed by atoms with Crippen LogP contribution in [0.1, 0.15) is 11.8 Å². The summed E-state index contributed by atoms with van der Waals surface area (Å²) in [6.45, 7) is -0.0517. The Bertz CT molecular complexity index is 1010. The van der Waals surface area contributed by atoms with Gasteiger partial charge in [0.25, 0.3) is 0 Å². The van der Waals surface area contributed by atoms with Gasteiger partial charge >= 0.3 is 0 Å². The highest BCUT2D eigenvalue weighted by Gasteiger charge is 2.44.